The monoisotopic (exact) mass is 528 g/mol. The van der Waals surface area contributed by atoms with Crippen molar-refractivity contribution >= 4 is 28.8 Å². The first kappa shape index (κ1) is 27.8. The highest BCUT2D eigenvalue weighted by Crippen LogP contribution is 2.44. The van der Waals surface area contributed by atoms with Gasteiger partial charge in [0, 0.05) is 25.5 Å². The van der Waals surface area contributed by atoms with E-state index in [4.69, 9.17) is 9.47 Å². The molecule has 1 fully saturated rings. The molecule has 4 rings (SSSR count). The van der Waals surface area contributed by atoms with E-state index in [-0.39, 0.29) is 16.7 Å². The number of amides is 1. The number of methoxy groups -OCH3 is 1. The lowest BCUT2D eigenvalue weighted by molar-refractivity contribution is -0.132. The molecule has 0 radical (unpaired) electrons. The number of carbonyl (C=O) groups is 2. The molecule has 7 nitrogen and oxygen atoms in total. The first-order valence-electron chi connectivity index (χ1n) is 13.0. The molecule has 1 N–H and O–H groups in total. The number of nitrogens with zero attached hydrogens (tertiary/aromatic N) is 2. The van der Waals surface area contributed by atoms with Crippen molar-refractivity contribution in [2.75, 3.05) is 37.6 Å². The van der Waals surface area contributed by atoms with E-state index in [1.807, 2.05) is 68.4 Å². The van der Waals surface area contributed by atoms with Crippen molar-refractivity contribution in [1.29, 1.82) is 0 Å². The van der Waals surface area contributed by atoms with Gasteiger partial charge < -0.3 is 19.5 Å². The van der Waals surface area contributed by atoms with Gasteiger partial charge in [-0.1, -0.05) is 39.0 Å². The third kappa shape index (κ3) is 5.35. The maximum atomic E-state index is 13.7. The number of hydrogen-bond donors (Lipinski definition) is 1. The Labute approximate surface area is 230 Å². The fraction of sp³-hybridized carbons (Fsp3) is 0.312. The minimum absolute atomic E-state index is 0.00491. The van der Waals surface area contributed by atoms with Crippen molar-refractivity contribution in [2.45, 2.75) is 39.2 Å². The molecule has 3 aromatic carbocycles. The van der Waals surface area contributed by atoms with Crippen molar-refractivity contribution in [3.63, 3.8) is 0 Å². The highest BCUT2D eigenvalue weighted by molar-refractivity contribution is 6.51. The van der Waals surface area contributed by atoms with Crippen LogP contribution in [0.1, 0.15) is 50.4 Å². The number of hydrogen-bond acceptors (Lipinski definition) is 6. The van der Waals surface area contributed by atoms with Crippen LogP contribution in [0.2, 0.25) is 0 Å². The second-order valence-corrected chi connectivity index (χ2v) is 10.8. The zero-order valence-corrected chi connectivity index (χ0v) is 23.6. The van der Waals surface area contributed by atoms with Gasteiger partial charge in [0.05, 0.1) is 30.9 Å². The zero-order valence-electron chi connectivity index (χ0n) is 23.6. The summed E-state index contributed by atoms with van der Waals surface area (Å²) >= 11 is 0. The molecule has 0 spiro atoms. The molecule has 0 saturated carbocycles. The van der Waals surface area contributed by atoms with Gasteiger partial charge in [-0.05, 0) is 72.0 Å². The Kier molecular flexibility index (Phi) is 7.72. The Morgan fingerprint density at radius 1 is 1.00 bits per heavy atom. The van der Waals surface area contributed by atoms with Crippen molar-refractivity contribution in [2.24, 2.45) is 0 Å². The fourth-order valence-corrected chi connectivity index (χ4v) is 4.77. The summed E-state index contributed by atoms with van der Waals surface area (Å²) in [6.45, 7) is 8.54. The second-order valence-electron chi connectivity index (χ2n) is 10.8. The first-order chi connectivity index (χ1) is 18.5. The Balaban J connectivity index is 1.98. The molecule has 0 bridgehead atoms. The van der Waals surface area contributed by atoms with Gasteiger partial charge in [-0.3, -0.25) is 14.5 Å². The molecular formula is C32H36N2O5. The molecule has 204 valence electrons. The standard InChI is InChI=1S/C32H36N2O5/c1-8-39-24-11-9-10-20(18-24)28-27(29(35)25-19-21(32(2,3)4)12-17-26(25)38-7)30(36)31(37)34(28)23-15-13-22(14-16-23)33(5)6/h9-19,28,35H,8H2,1-7H3/b29-27+. The third-order valence-corrected chi connectivity index (χ3v) is 6.89. The highest BCUT2D eigenvalue weighted by Gasteiger charge is 2.47. The summed E-state index contributed by atoms with van der Waals surface area (Å²) in [4.78, 5) is 30.7. The molecule has 0 aliphatic carbocycles. The van der Waals surface area contributed by atoms with Crippen LogP contribution < -0.4 is 19.3 Å². The first-order valence-corrected chi connectivity index (χ1v) is 13.0. The number of aliphatic hydroxyl groups excluding tert-OH is 1. The summed E-state index contributed by atoms with van der Waals surface area (Å²) in [5.41, 5.74) is 3.23. The second kappa shape index (κ2) is 10.8. The predicted octanol–water partition coefficient (Wildman–Crippen LogP) is 6.08. The molecule has 1 unspecified atom stereocenters. The Morgan fingerprint density at radius 2 is 1.69 bits per heavy atom. The number of ether oxygens (including phenoxy) is 2. The number of ketones is 1. The SMILES string of the molecule is CCOc1cccc(C2/C(=C(\O)c3cc(C(C)(C)C)ccc3OC)C(=O)C(=O)N2c2ccc(N(C)C)cc2)c1. The molecule has 1 saturated heterocycles. The van der Waals surface area contributed by atoms with Gasteiger partial charge >= 0.3 is 0 Å². The molecule has 1 aliphatic heterocycles. The largest absolute Gasteiger partial charge is 0.507 e. The molecule has 39 heavy (non-hydrogen) atoms. The van der Waals surface area contributed by atoms with Crippen molar-refractivity contribution in [1.82, 2.24) is 0 Å². The van der Waals surface area contributed by atoms with Gasteiger partial charge in [0.15, 0.2) is 0 Å². The number of carbonyl (C=O) groups excluding carboxylic acids is 2. The maximum Gasteiger partial charge on any atom is 0.300 e. The predicted molar refractivity (Wildman–Crippen MR) is 155 cm³/mol. The van der Waals surface area contributed by atoms with E-state index in [9.17, 15) is 14.7 Å². The van der Waals surface area contributed by atoms with Crippen LogP contribution in [0.4, 0.5) is 11.4 Å². The van der Waals surface area contributed by atoms with Gasteiger partial charge in [0.1, 0.15) is 17.3 Å². The normalized spacial score (nSPS) is 16.9. The van der Waals surface area contributed by atoms with E-state index in [0.29, 0.717) is 34.9 Å². The van der Waals surface area contributed by atoms with Gasteiger partial charge in [-0.15, -0.1) is 0 Å². The number of rotatable bonds is 7. The van der Waals surface area contributed by atoms with Crippen LogP contribution in [0, 0.1) is 0 Å². The number of aliphatic hydroxyl groups is 1. The van der Waals surface area contributed by atoms with Crippen molar-refractivity contribution in [3.8, 4) is 11.5 Å². The van der Waals surface area contributed by atoms with Crippen LogP contribution in [-0.2, 0) is 15.0 Å². The minimum atomic E-state index is -0.876. The lowest BCUT2D eigenvalue weighted by Crippen LogP contribution is -2.29. The number of Topliss-reactive ketones (excluding diaryl/α,β-unsaturated/α-hetero) is 1. The van der Waals surface area contributed by atoms with E-state index >= 15 is 0 Å². The lowest BCUT2D eigenvalue weighted by Gasteiger charge is -2.27. The highest BCUT2D eigenvalue weighted by atomic mass is 16.5. The van der Waals surface area contributed by atoms with E-state index in [0.717, 1.165) is 11.3 Å². The summed E-state index contributed by atoms with van der Waals surface area (Å²) in [6.07, 6.45) is 0. The third-order valence-electron chi connectivity index (χ3n) is 6.89. The average molecular weight is 529 g/mol. The zero-order chi connectivity index (χ0) is 28.5. The van der Waals surface area contributed by atoms with Crippen LogP contribution in [0.5, 0.6) is 11.5 Å². The number of anilines is 2. The van der Waals surface area contributed by atoms with E-state index in [1.165, 1.54) is 12.0 Å². The summed E-state index contributed by atoms with van der Waals surface area (Å²) in [5.74, 6) is -0.749. The van der Waals surface area contributed by atoms with E-state index < -0.39 is 17.7 Å². The van der Waals surface area contributed by atoms with E-state index in [1.54, 1.807) is 24.3 Å². The molecule has 0 aromatic heterocycles. The van der Waals surface area contributed by atoms with Gasteiger partial charge in [0.2, 0.25) is 0 Å². The molecular weight excluding hydrogens is 492 g/mol. The molecule has 7 heteroatoms. The van der Waals surface area contributed by atoms with Crippen LogP contribution >= 0.6 is 0 Å². The van der Waals surface area contributed by atoms with Crippen molar-refractivity contribution < 1.29 is 24.2 Å². The fourth-order valence-electron chi connectivity index (χ4n) is 4.77. The van der Waals surface area contributed by atoms with Crippen LogP contribution in [0.25, 0.3) is 5.76 Å². The number of benzene rings is 3. The van der Waals surface area contributed by atoms with E-state index in [2.05, 4.69) is 20.8 Å². The Bertz CT molecular complexity index is 1420. The summed E-state index contributed by atoms with van der Waals surface area (Å²) < 4.78 is 11.3. The van der Waals surface area contributed by atoms with Gasteiger partial charge in [-0.2, -0.15) is 0 Å². The van der Waals surface area contributed by atoms with Crippen LogP contribution in [0.3, 0.4) is 0 Å². The Hall–Kier alpha value is -4.26. The maximum absolute atomic E-state index is 13.7. The molecule has 1 amide bonds. The quantitative estimate of drug-likeness (QED) is 0.227. The van der Waals surface area contributed by atoms with Crippen LogP contribution in [0.15, 0.2) is 72.3 Å². The average Bonchev–Trinajstić information content (AvgIpc) is 3.18. The summed E-state index contributed by atoms with van der Waals surface area (Å²) in [5, 5.41) is 11.8. The molecule has 1 heterocycles. The topological polar surface area (TPSA) is 79.3 Å². The Morgan fingerprint density at radius 3 is 2.28 bits per heavy atom. The van der Waals surface area contributed by atoms with Crippen molar-refractivity contribution in [3.05, 3.63) is 89.0 Å². The molecule has 3 aromatic rings. The molecule has 1 atom stereocenters. The van der Waals surface area contributed by atoms with Gasteiger partial charge in [-0.25, -0.2) is 0 Å². The summed E-state index contributed by atoms with van der Waals surface area (Å²) in [7, 11) is 5.37. The minimum Gasteiger partial charge on any atom is -0.507 e. The smallest absolute Gasteiger partial charge is 0.300 e. The van der Waals surface area contributed by atoms with Crippen LogP contribution in [-0.4, -0.2) is 44.6 Å². The summed E-state index contributed by atoms with van der Waals surface area (Å²) in [6, 6.07) is 19.3. The van der Waals surface area contributed by atoms with Gasteiger partial charge in [0.25, 0.3) is 11.7 Å². The lowest BCUT2D eigenvalue weighted by atomic mass is 9.85. The molecule has 1 aliphatic rings.